The number of para-hydroxylation sites is 1. The minimum Gasteiger partial charge on any atom is -0.481 e. The van der Waals surface area contributed by atoms with Gasteiger partial charge in [-0.2, -0.15) is 0 Å². The van der Waals surface area contributed by atoms with E-state index in [0.29, 0.717) is 11.3 Å². The van der Waals surface area contributed by atoms with E-state index in [-0.39, 0.29) is 12.3 Å². The van der Waals surface area contributed by atoms with Crippen LogP contribution in [0.3, 0.4) is 0 Å². The number of halogens is 2. The SMILES string of the molecule is Cc1ccc2cccc(OCC(=O)Nc3ccc(F)c(F)c3)c2n1. The van der Waals surface area contributed by atoms with Crippen LogP contribution in [0.15, 0.2) is 48.5 Å². The second-order valence-corrected chi connectivity index (χ2v) is 5.25. The summed E-state index contributed by atoms with van der Waals surface area (Å²) in [5, 5.41) is 3.35. The molecule has 0 unspecified atom stereocenters. The van der Waals surface area contributed by atoms with E-state index in [1.807, 2.05) is 31.2 Å². The van der Waals surface area contributed by atoms with Crippen molar-refractivity contribution < 1.29 is 18.3 Å². The number of carbonyl (C=O) groups excluding carboxylic acids is 1. The summed E-state index contributed by atoms with van der Waals surface area (Å²) in [6.45, 7) is 1.60. The molecule has 0 atom stereocenters. The lowest BCUT2D eigenvalue weighted by atomic mass is 10.2. The molecule has 0 aliphatic heterocycles. The zero-order valence-corrected chi connectivity index (χ0v) is 12.8. The number of amides is 1. The van der Waals surface area contributed by atoms with Gasteiger partial charge in [-0.1, -0.05) is 18.2 Å². The van der Waals surface area contributed by atoms with E-state index in [4.69, 9.17) is 4.74 Å². The van der Waals surface area contributed by atoms with Gasteiger partial charge in [0.1, 0.15) is 11.3 Å². The van der Waals surface area contributed by atoms with Gasteiger partial charge in [-0.05, 0) is 31.2 Å². The molecule has 24 heavy (non-hydrogen) atoms. The van der Waals surface area contributed by atoms with Gasteiger partial charge in [0, 0.05) is 22.8 Å². The molecule has 0 spiro atoms. The quantitative estimate of drug-likeness (QED) is 0.792. The Balaban J connectivity index is 1.70. The molecule has 0 fully saturated rings. The maximum atomic E-state index is 13.1. The second kappa shape index (κ2) is 6.62. The minimum atomic E-state index is -1.03. The lowest BCUT2D eigenvalue weighted by Gasteiger charge is -2.10. The Kier molecular flexibility index (Phi) is 4.37. The first-order chi connectivity index (χ1) is 11.5. The number of benzene rings is 2. The van der Waals surface area contributed by atoms with Crippen molar-refractivity contribution in [1.82, 2.24) is 4.98 Å². The van der Waals surface area contributed by atoms with Crippen molar-refractivity contribution in [2.24, 2.45) is 0 Å². The van der Waals surface area contributed by atoms with Crippen LogP contribution in [0.5, 0.6) is 5.75 Å². The molecule has 1 N–H and O–H groups in total. The smallest absolute Gasteiger partial charge is 0.262 e. The van der Waals surface area contributed by atoms with E-state index in [1.54, 1.807) is 6.07 Å². The number of aryl methyl sites for hydroxylation is 1. The van der Waals surface area contributed by atoms with Crippen molar-refractivity contribution in [2.45, 2.75) is 6.92 Å². The van der Waals surface area contributed by atoms with Crippen LogP contribution in [0.25, 0.3) is 10.9 Å². The number of nitrogens with one attached hydrogen (secondary N) is 1. The Morgan fingerprint density at radius 3 is 2.75 bits per heavy atom. The maximum Gasteiger partial charge on any atom is 0.262 e. The van der Waals surface area contributed by atoms with Crippen molar-refractivity contribution in [1.29, 1.82) is 0 Å². The summed E-state index contributed by atoms with van der Waals surface area (Å²) in [5.74, 6) is -1.99. The molecular weight excluding hydrogens is 314 g/mol. The van der Waals surface area contributed by atoms with Crippen LogP contribution in [0.1, 0.15) is 5.69 Å². The van der Waals surface area contributed by atoms with E-state index in [1.165, 1.54) is 6.07 Å². The topological polar surface area (TPSA) is 51.2 Å². The van der Waals surface area contributed by atoms with Gasteiger partial charge in [-0.15, -0.1) is 0 Å². The van der Waals surface area contributed by atoms with E-state index < -0.39 is 17.5 Å². The number of nitrogens with zero attached hydrogens (tertiary/aromatic N) is 1. The highest BCUT2D eigenvalue weighted by Gasteiger charge is 2.09. The highest BCUT2D eigenvalue weighted by atomic mass is 19.2. The summed E-state index contributed by atoms with van der Waals surface area (Å²) < 4.78 is 31.5. The second-order valence-electron chi connectivity index (χ2n) is 5.25. The van der Waals surface area contributed by atoms with Crippen molar-refractivity contribution >= 4 is 22.5 Å². The Bertz CT molecular complexity index is 913. The number of anilines is 1. The zero-order valence-electron chi connectivity index (χ0n) is 12.8. The Morgan fingerprint density at radius 2 is 1.96 bits per heavy atom. The fourth-order valence-corrected chi connectivity index (χ4v) is 2.25. The highest BCUT2D eigenvalue weighted by Crippen LogP contribution is 2.24. The molecule has 122 valence electrons. The van der Waals surface area contributed by atoms with E-state index in [9.17, 15) is 13.6 Å². The number of carbonyl (C=O) groups is 1. The summed E-state index contributed by atoms with van der Waals surface area (Å²) in [6.07, 6.45) is 0. The van der Waals surface area contributed by atoms with Crippen LogP contribution >= 0.6 is 0 Å². The third-order valence-electron chi connectivity index (χ3n) is 3.38. The van der Waals surface area contributed by atoms with Gasteiger partial charge in [0.2, 0.25) is 0 Å². The number of rotatable bonds is 4. The summed E-state index contributed by atoms with van der Waals surface area (Å²) in [4.78, 5) is 16.3. The molecule has 4 nitrogen and oxygen atoms in total. The van der Waals surface area contributed by atoms with Crippen molar-refractivity contribution in [3.05, 3.63) is 65.9 Å². The normalized spacial score (nSPS) is 10.6. The molecule has 1 aromatic heterocycles. The van der Waals surface area contributed by atoms with Gasteiger partial charge in [-0.3, -0.25) is 4.79 Å². The number of fused-ring (bicyclic) bond motifs is 1. The zero-order chi connectivity index (χ0) is 17.1. The van der Waals surface area contributed by atoms with Crippen molar-refractivity contribution in [3.63, 3.8) is 0 Å². The third-order valence-corrected chi connectivity index (χ3v) is 3.38. The van der Waals surface area contributed by atoms with Crippen molar-refractivity contribution in [2.75, 3.05) is 11.9 Å². The third kappa shape index (κ3) is 3.48. The number of pyridine rings is 1. The van der Waals surface area contributed by atoms with Crippen LogP contribution in [0.4, 0.5) is 14.5 Å². The van der Waals surface area contributed by atoms with Crippen LogP contribution in [0.2, 0.25) is 0 Å². The molecule has 0 aliphatic rings. The van der Waals surface area contributed by atoms with Gasteiger partial charge in [-0.25, -0.2) is 13.8 Å². The first-order valence-electron chi connectivity index (χ1n) is 7.27. The average molecular weight is 328 g/mol. The molecule has 1 amide bonds. The van der Waals surface area contributed by atoms with Crippen LogP contribution in [-0.2, 0) is 4.79 Å². The first kappa shape index (κ1) is 15.9. The molecule has 2 aromatic carbocycles. The molecular formula is C18H14F2N2O2. The van der Waals surface area contributed by atoms with Gasteiger partial charge in [0.15, 0.2) is 18.2 Å². The minimum absolute atomic E-state index is 0.161. The molecule has 0 bridgehead atoms. The van der Waals surface area contributed by atoms with Gasteiger partial charge >= 0.3 is 0 Å². The maximum absolute atomic E-state index is 13.1. The molecule has 0 aliphatic carbocycles. The molecule has 1 heterocycles. The van der Waals surface area contributed by atoms with Crippen LogP contribution in [-0.4, -0.2) is 17.5 Å². The predicted molar refractivity (Wildman–Crippen MR) is 87.0 cm³/mol. The van der Waals surface area contributed by atoms with Crippen molar-refractivity contribution in [3.8, 4) is 5.75 Å². The Labute approximate surface area is 137 Å². The fraction of sp³-hybridized carbons (Fsp3) is 0.111. The monoisotopic (exact) mass is 328 g/mol. The first-order valence-corrected chi connectivity index (χ1v) is 7.27. The molecule has 3 aromatic rings. The average Bonchev–Trinajstić information content (AvgIpc) is 2.56. The summed E-state index contributed by atoms with van der Waals surface area (Å²) in [7, 11) is 0. The number of hydrogen-bond acceptors (Lipinski definition) is 3. The number of aromatic nitrogens is 1. The molecule has 0 radical (unpaired) electrons. The molecule has 6 heteroatoms. The van der Waals surface area contributed by atoms with Crippen LogP contribution < -0.4 is 10.1 Å². The largest absolute Gasteiger partial charge is 0.481 e. The Hall–Kier alpha value is -3.02. The lowest BCUT2D eigenvalue weighted by molar-refractivity contribution is -0.118. The van der Waals surface area contributed by atoms with Gasteiger partial charge < -0.3 is 10.1 Å². The summed E-state index contributed by atoms with van der Waals surface area (Å²) in [6, 6.07) is 12.4. The standard InChI is InChI=1S/C18H14F2N2O2/c1-11-5-6-12-3-2-4-16(18(12)21-11)24-10-17(23)22-13-7-8-14(19)15(20)9-13/h2-9H,10H2,1H3,(H,22,23). The summed E-state index contributed by atoms with van der Waals surface area (Å²) in [5.41, 5.74) is 1.66. The van der Waals surface area contributed by atoms with Gasteiger partial charge in [0.05, 0.1) is 0 Å². The van der Waals surface area contributed by atoms with E-state index in [2.05, 4.69) is 10.3 Å². The summed E-state index contributed by atoms with van der Waals surface area (Å²) >= 11 is 0. The highest BCUT2D eigenvalue weighted by molar-refractivity contribution is 5.92. The fourth-order valence-electron chi connectivity index (χ4n) is 2.25. The lowest BCUT2D eigenvalue weighted by Crippen LogP contribution is -2.20. The molecule has 3 rings (SSSR count). The predicted octanol–water partition coefficient (Wildman–Crippen LogP) is 3.84. The Morgan fingerprint density at radius 1 is 1.12 bits per heavy atom. The van der Waals surface area contributed by atoms with Gasteiger partial charge in [0.25, 0.3) is 5.91 Å². The number of hydrogen-bond donors (Lipinski definition) is 1. The molecule has 0 saturated carbocycles. The van der Waals surface area contributed by atoms with E-state index in [0.717, 1.165) is 23.2 Å². The molecule has 0 saturated heterocycles. The van der Waals surface area contributed by atoms with E-state index >= 15 is 0 Å². The van der Waals surface area contributed by atoms with Crippen LogP contribution in [0, 0.1) is 18.6 Å². The number of ether oxygens (including phenoxy) is 1.